The van der Waals surface area contributed by atoms with Crippen LogP contribution in [0.25, 0.3) is 0 Å². The zero-order chi connectivity index (χ0) is 18.4. The Bertz CT molecular complexity index is 827. The van der Waals surface area contributed by atoms with Gasteiger partial charge < -0.3 is 4.90 Å². The standard InChI is InChI=1S/C15H22N6O3S/c1-19(2)14-8-6-13(7-9-14)17-18-15-20(3)12-16-21(15)10-4-5-11-25(22,23)24/h6-9,12H,4-5,10-11H2,1-3H3/p+1. The van der Waals surface area contributed by atoms with Crippen LogP contribution in [0.3, 0.4) is 0 Å². The summed E-state index contributed by atoms with van der Waals surface area (Å²) in [6, 6.07) is 7.68. The van der Waals surface area contributed by atoms with Gasteiger partial charge in [-0.05, 0) is 42.2 Å². The van der Waals surface area contributed by atoms with Gasteiger partial charge in [0.2, 0.25) is 6.33 Å². The summed E-state index contributed by atoms with van der Waals surface area (Å²) in [5.74, 6) is 0.304. The maximum atomic E-state index is 10.7. The van der Waals surface area contributed by atoms with Crippen LogP contribution in [0.5, 0.6) is 0 Å². The second-order valence-corrected chi connectivity index (χ2v) is 7.44. The largest absolute Gasteiger partial charge is 0.403 e. The van der Waals surface area contributed by atoms with E-state index < -0.39 is 10.1 Å². The second-order valence-electron chi connectivity index (χ2n) is 5.87. The highest BCUT2D eigenvalue weighted by atomic mass is 32.2. The average Bonchev–Trinajstić information content (AvgIpc) is 2.89. The van der Waals surface area contributed by atoms with Crippen LogP contribution in [0.4, 0.5) is 17.3 Å². The van der Waals surface area contributed by atoms with Gasteiger partial charge in [0, 0.05) is 24.9 Å². The van der Waals surface area contributed by atoms with Gasteiger partial charge in [-0.3, -0.25) is 4.55 Å². The Hall–Kier alpha value is -2.33. The van der Waals surface area contributed by atoms with Crippen molar-refractivity contribution in [2.24, 2.45) is 17.3 Å². The van der Waals surface area contributed by atoms with Crippen molar-refractivity contribution in [2.45, 2.75) is 19.4 Å². The molecule has 1 N–H and O–H groups in total. The van der Waals surface area contributed by atoms with Gasteiger partial charge in [-0.2, -0.15) is 8.42 Å². The van der Waals surface area contributed by atoms with Gasteiger partial charge in [-0.15, -0.1) is 4.68 Å². The van der Waals surface area contributed by atoms with Gasteiger partial charge in [0.05, 0.1) is 25.0 Å². The third kappa shape index (κ3) is 5.91. The van der Waals surface area contributed by atoms with E-state index in [1.807, 2.05) is 50.3 Å². The van der Waals surface area contributed by atoms with Crippen LogP contribution < -0.4 is 9.47 Å². The maximum absolute atomic E-state index is 10.7. The molecular formula is C15H23N6O3S+. The van der Waals surface area contributed by atoms with Crippen molar-refractivity contribution < 1.29 is 17.5 Å². The first-order valence-electron chi connectivity index (χ1n) is 7.82. The lowest BCUT2D eigenvalue weighted by Crippen LogP contribution is -2.25. The Morgan fingerprint density at radius 1 is 1.20 bits per heavy atom. The summed E-state index contributed by atoms with van der Waals surface area (Å²) < 4.78 is 33.6. The van der Waals surface area contributed by atoms with E-state index in [4.69, 9.17) is 4.55 Å². The first kappa shape index (κ1) is 19.0. The molecule has 0 spiro atoms. The molecule has 0 unspecified atom stereocenters. The summed E-state index contributed by atoms with van der Waals surface area (Å²) in [7, 11) is 1.83. The zero-order valence-corrected chi connectivity index (χ0v) is 15.4. The van der Waals surface area contributed by atoms with E-state index in [0.29, 0.717) is 25.3 Å². The first-order chi connectivity index (χ1) is 11.8. The van der Waals surface area contributed by atoms with Crippen LogP contribution in [0, 0.1) is 0 Å². The molecule has 0 radical (unpaired) electrons. The second kappa shape index (κ2) is 8.17. The van der Waals surface area contributed by atoms with Crippen LogP contribution in [0.15, 0.2) is 40.8 Å². The predicted octanol–water partition coefficient (Wildman–Crippen LogP) is 1.86. The molecule has 10 heteroatoms. The highest BCUT2D eigenvalue weighted by Crippen LogP contribution is 2.20. The molecule has 0 aliphatic rings. The Morgan fingerprint density at radius 2 is 1.88 bits per heavy atom. The van der Waals surface area contributed by atoms with Gasteiger partial charge in [0.15, 0.2) is 0 Å². The molecule has 0 fully saturated rings. The van der Waals surface area contributed by atoms with Crippen molar-refractivity contribution in [1.29, 1.82) is 0 Å². The van der Waals surface area contributed by atoms with Gasteiger partial charge in [-0.1, -0.05) is 5.11 Å². The third-order valence-corrected chi connectivity index (χ3v) is 4.36. The number of hydrogen-bond acceptors (Lipinski definition) is 6. The maximum Gasteiger partial charge on any atom is 0.403 e. The Balaban J connectivity index is 2.03. The summed E-state index contributed by atoms with van der Waals surface area (Å²) >= 11 is 0. The topological polar surface area (TPSA) is 104 Å². The number of rotatable bonds is 8. The molecule has 0 saturated carbocycles. The molecule has 2 rings (SSSR count). The minimum absolute atomic E-state index is 0.254. The Kier molecular flexibility index (Phi) is 6.21. The lowest BCUT2D eigenvalue weighted by atomic mass is 10.3. The lowest BCUT2D eigenvalue weighted by molar-refractivity contribution is -0.659. The fourth-order valence-corrected chi connectivity index (χ4v) is 2.74. The minimum Gasteiger partial charge on any atom is -0.378 e. The van der Waals surface area contributed by atoms with E-state index >= 15 is 0 Å². The molecule has 0 amide bonds. The Labute approximate surface area is 147 Å². The van der Waals surface area contributed by atoms with Gasteiger partial charge in [0.25, 0.3) is 10.1 Å². The van der Waals surface area contributed by atoms with Crippen molar-refractivity contribution in [3.05, 3.63) is 30.6 Å². The van der Waals surface area contributed by atoms with Crippen LogP contribution >= 0.6 is 0 Å². The van der Waals surface area contributed by atoms with Gasteiger partial charge in [0.1, 0.15) is 0 Å². The van der Waals surface area contributed by atoms with E-state index in [1.54, 1.807) is 15.6 Å². The summed E-state index contributed by atoms with van der Waals surface area (Å²) in [4.78, 5) is 2.00. The van der Waals surface area contributed by atoms with Crippen molar-refractivity contribution in [2.75, 3.05) is 24.7 Å². The number of aromatic nitrogens is 3. The highest BCUT2D eigenvalue weighted by Gasteiger charge is 2.16. The van der Waals surface area contributed by atoms with Crippen molar-refractivity contribution in [3.63, 3.8) is 0 Å². The van der Waals surface area contributed by atoms with Gasteiger partial charge in [-0.25, -0.2) is 4.57 Å². The average molecular weight is 367 g/mol. The third-order valence-electron chi connectivity index (χ3n) is 3.55. The first-order valence-corrected chi connectivity index (χ1v) is 9.43. The monoisotopic (exact) mass is 367 g/mol. The molecule has 0 aliphatic carbocycles. The fraction of sp³-hybridized carbons (Fsp3) is 0.467. The van der Waals surface area contributed by atoms with E-state index in [9.17, 15) is 8.42 Å². The number of anilines is 1. The summed E-state index contributed by atoms with van der Waals surface area (Å²) in [5, 5.41) is 12.7. The number of hydrogen-bond donors (Lipinski definition) is 1. The molecule has 1 aromatic carbocycles. The zero-order valence-electron chi connectivity index (χ0n) is 14.6. The summed E-state index contributed by atoms with van der Waals surface area (Å²) in [6.07, 6.45) is 2.53. The van der Waals surface area contributed by atoms with Crippen LogP contribution in [-0.4, -0.2) is 42.6 Å². The van der Waals surface area contributed by atoms with E-state index in [2.05, 4.69) is 15.3 Å². The van der Waals surface area contributed by atoms with Crippen LogP contribution in [-0.2, 0) is 23.7 Å². The van der Waals surface area contributed by atoms with E-state index in [0.717, 1.165) is 11.4 Å². The molecule has 0 bridgehead atoms. The van der Waals surface area contributed by atoms with E-state index in [-0.39, 0.29) is 5.75 Å². The fourth-order valence-electron chi connectivity index (χ4n) is 2.17. The van der Waals surface area contributed by atoms with Gasteiger partial charge >= 0.3 is 5.95 Å². The number of nitrogens with zero attached hydrogens (tertiary/aromatic N) is 6. The molecule has 0 saturated heterocycles. The number of aryl methyl sites for hydroxylation is 2. The molecule has 1 heterocycles. The van der Waals surface area contributed by atoms with Crippen LogP contribution in [0.1, 0.15) is 12.8 Å². The molecule has 0 atom stereocenters. The van der Waals surface area contributed by atoms with E-state index in [1.165, 1.54) is 0 Å². The van der Waals surface area contributed by atoms with Crippen LogP contribution in [0.2, 0.25) is 0 Å². The predicted molar refractivity (Wildman–Crippen MR) is 94.0 cm³/mol. The number of unbranched alkanes of at least 4 members (excludes halogenated alkanes) is 1. The minimum atomic E-state index is -3.92. The molecule has 136 valence electrons. The SMILES string of the molecule is CN(C)c1ccc(N=Nc2n(CCCCS(=O)(=O)O)nc[n+]2C)cc1. The summed E-state index contributed by atoms with van der Waals surface area (Å²) in [5.41, 5.74) is 1.80. The molecular weight excluding hydrogens is 344 g/mol. The van der Waals surface area contributed by atoms with Crippen molar-refractivity contribution >= 4 is 27.4 Å². The smallest absolute Gasteiger partial charge is 0.378 e. The summed E-state index contributed by atoms with van der Waals surface area (Å²) in [6.45, 7) is 0.490. The lowest BCUT2D eigenvalue weighted by Gasteiger charge is -2.11. The number of azo groups is 1. The quantitative estimate of drug-likeness (QED) is 0.332. The number of benzene rings is 1. The molecule has 25 heavy (non-hydrogen) atoms. The molecule has 1 aromatic heterocycles. The normalized spacial score (nSPS) is 12.0. The van der Waals surface area contributed by atoms with Crippen molar-refractivity contribution in [1.82, 2.24) is 9.78 Å². The van der Waals surface area contributed by atoms with Crippen molar-refractivity contribution in [3.8, 4) is 0 Å². The highest BCUT2D eigenvalue weighted by molar-refractivity contribution is 7.85. The Morgan fingerprint density at radius 3 is 2.48 bits per heavy atom. The molecule has 0 aliphatic heterocycles. The molecule has 9 nitrogen and oxygen atoms in total. The molecule has 2 aromatic rings.